The van der Waals surface area contributed by atoms with Gasteiger partial charge in [0.25, 0.3) is 0 Å². The molecule has 122 valence electrons. The lowest BCUT2D eigenvalue weighted by Crippen LogP contribution is -2.36. The Morgan fingerprint density at radius 3 is 2.48 bits per heavy atom. The predicted molar refractivity (Wildman–Crippen MR) is 83.4 cm³/mol. The van der Waals surface area contributed by atoms with Crippen LogP contribution < -0.4 is 0 Å². The quantitative estimate of drug-likeness (QED) is 0.858. The summed E-state index contributed by atoms with van der Waals surface area (Å²) in [5.74, 6) is -2.20. The maximum Gasteiger partial charge on any atom is 0.243 e. The Balaban J connectivity index is 1.87. The van der Waals surface area contributed by atoms with Crippen molar-refractivity contribution in [2.24, 2.45) is 0 Å². The van der Waals surface area contributed by atoms with Crippen LogP contribution in [0.15, 0.2) is 53.4 Å². The summed E-state index contributed by atoms with van der Waals surface area (Å²) in [6, 6.07) is 12.2. The first-order valence-corrected chi connectivity index (χ1v) is 8.93. The molecule has 0 N–H and O–H groups in total. The third kappa shape index (κ3) is 3.28. The minimum absolute atomic E-state index is 0.157. The van der Waals surface area contributed by atoms with E-state index in [9.17, 15) is 17.2 Å². The molecule has 1 aliphatic heterocycles. The second kappa shape index (κ2) is 6.37. The summed E-state index contributed by atoms with van der Waals surface area (Å²) in [6.07, 6.45) is 2.14. The molecule has 2 aromatic carbocycles. The van der Waals surface area contributed by atoms with Gasteiger partial charge in [0.15, 0.2) is 11.6 Å². The minimum Gasteiger partial charge on any atom is -0.207 e. The number of hydrogen-bond donors (Lipinski definition) is 0. The van der Waals surface area contributed by atoms with Crippen molar-refractivity contribution in [2.75, 3.05) is 6.54 Å². The molecule has 0 bridgehead atoms. The van der Waals surface area contributed by atoms with Crippen molar-refractivity contribution in [3.8, 4) is 0 Å². The lowest BCUT2D eigenvalue weighted by atomic mass is 10.1. The summed E-state index contributed by atoms with van der Waals surface area (Å²) in [5, 5.41) is 0. The maximum atomic E-state index is 13.4. The number of nitrogens with zero attached hydrogens (tertiary/aromatic N) is 1. The summed E-state index contributed by atoms with van der Waals surface area (Å²) in [7, 11) is -3.82. The van der Waals surface area contributed by atoms with E-state index in [1.807, 2.05) is 30.3 Å². The van der Waals surface area contributed by atoms with Crippen molar-refractivity contribution in [2.45, 2.75) is 30.2 Å². The van der Waals surface area contributed by atoms with E-state index in [-0.39, 0.29) is 10.9 Å². The predicted octanol–water partition coefficient (Wildman–Crippen LogP) is 3.36. The number of hydrogen-bond acceptors (Lipinski definition) is 2. The highest BCUT2D eigenvalue weighted by Gasteiger charge is 2.35. The van der Waals surface area contributed by atoms with E-state index in [1.54, 1.807) is 0 Å². The highest BCUT2D eigenvalue weighted by atomic mass is 32.2. The molecule has 0 radical (unpaired) electrons. The molecule has 1 fully saturated rings. The summed E-state index contributed by atoms with van der Waals surface area (Å²) >= 11 is 0. The third-order valence-corrected chi connectivity index (χ3v) is 6.08. The fraction of sp³-hybridized carbons (Fsp3) is 0.294. The van der Waals surface area contributed by atoms with Crippen LogP contribution in [-0.2, 0) is 16.4 Å². The Kier molecular flexibility index (Phi) is 4.46. The number of sulfonamides is 1. The van der Waals surface area contributed by atoms with Gasteiger partial charge in [-0.25, -0.2) is 17.2 Å². The zero-order valence-corrected chi connectivity index (χ0v) is 13.3. The second-order valence-electron chi connectivity index (χ2n) is 5.68. The molecule has 1 atom stereocenters. The number of rotatable bonds is 4. The normalized spacial score (nSPS) is 19.1. The Morgan fingerprint density at radius 1 is 1.04 bits per heavy atom. The van der Waals surface area contributed by atoms with Gasteiger partial charge in [-0.15, -0.1) is 0 Å². The van der Waals surface area contributed by atoms with Crippen LogP contribution in [-0.4, -0.2) is 25.3 Å². The SMILES string of the molecule is O=S(=O)(c1ccc(F)c(F)c1)N1CCCC1Cc1ccccc1. The van der Waals surface area contributed by atoms with Crippen LogP contribution in [0.25, 0.3) is 0 Å². The maximum absolute atomic E-state index is 13.4. The average molecular weight is 337 g/mol. The van der Waals surface area contributed by atoms with E-state index < -0.39 is 21.7 Å². The van der Waals surface area contributed by atoms with Crippen molar-refractivity contribution in [1.82, 2.24) is 4.31 Å². The van der Waals surface area contributed by atoms with Gasteiger partial charge < -0.3 is 0 Å². The van der Waals surface area contributed by atoms with Gasteiger partial charge >= 0.3 is 0 Å². The van der Waals surface area contributed by atoms with Gasteiger partial charge in [0.05, 0.1) is 4.90 Å². The van der Waals surface area contributed by atoms with Crippen LogP contribution in [0.3, 0.4) is 0 Å². The van der Waals surface area contributed by atoms with E-state index in [0.717, 1.165) is 36.6 Å². The smallest absolute Gasteiger partial charge is 0.207 e. The van der Waals surface area contributed by atoms with Crippen molar-refractivity contribution in [1.29, 1.82) is 0 Å². The summed E-state index contributed by atoms with van der Waals surface area (Å²) in [4.78, 5) is -0.198. The molecule has 2 aromatic rings. The summed E-state index contributed by atoms with van der Waals surface area (Å²) in [5.41, 5.74) is 1.06. The van der Waals surface area contributed by atoms with E-state index in [1.165, 1.54) is 4.31 Å². The molecule has 1 heterocycles. The van der Waals surface area contributed by atoms with Crippen LogP contribution in [0.1, 0.15) is 18.4 Å². The topological polar surface area (TPSA) is 37.4 Å². The van der Waals surface area contributed by atoms with Crippen molar-refractivity contribution < 1.29 is 17.2 Å². The second-order valence-corrected chi connectivity index (χ2v) is 7.57. The average Bonchev–Trinajstić information content (AvgIpc) is 3.00. The third-order valence-electron chi connectivity index (χ3n) is 4.13. The van der Waals surface area contributed by atoms with Crippen molar-refractivity contribution in [3.05, 3.63) is 65.7 Å². The minimum atomic E-state index is -3.82. The van der Waals surface area contributed by atoms with E-state index in [2.05, 4.69) is 0 Å². The van der Waals surface area contributed by atoms with Crippen LogP contribution in [0.4, 0.5) is 8.78 Å². The molecule has 3 rings (SSSR count). The van der Waals surface area contributed by atoms with E-state index in [4.69, 9.17) is 0 Å². The summed E-state index contributed by atoms with van der Waals surface area (Å²) < 4.78 is 53.3. The van der Waals surface area contributed by atoms with Crippen LogP contribution in [0.5, 0.6) is 0 Å². The number of halogens is 2. The largest absolute Gasteiger partial charge is 0.243 e. The summed E-state index contributed by atoms with van der Waals surface area (Å²) in [6.45, 7) is 0.402. The molecule has 0 aromatic heterocycles. The molecule has 1 unspecified atom stereocenters. The Morgan fingerprint density at radius 2 is 1.78 bits per heavy atom. The van der Waals surface area contributed by atoms with Crippen LogP contribution in [0.2, 0.25) is 0 Å². The molecular formula is C17H17F2NO2S. The molecule has 23 heavy (non-hydrogen) atoms. The van der Waals surface area contributed by atoms with Crippen LogP contribution in [0, 0.1) is 11.6 Å². The lowest BCUT2D eigenvalue weighted by Gasteiger charge is -2.24. The molecule has 0 aliphatic carbocycles. The number of benzene rings is 2. The molecule has 1 aliphatic rings. The Labute approximate surface area is 134 Å². The molecule has 0 saturated carbocycles. The monoisotopic (exact) mass is 337 g/mol. The fourth-order valence-corrected chi connectivity index (χ4v) is 4.69. The fourth-order valence-electron chi connectivity index (χ4n) is 2.99. The molecule has 0 spiro atoms. The van der Waals surface area contributed by atoms with Crippen molar-refractivity contribution >= 4 is 10.0 Å². The molecular weight excluding hydrogens is 320 g/mol. The van der Waals surface area contributed by atoms with E-state index in [0.29, 0.717) is 13.0 Å². The van der Waals surface area contributed by atoms with Gasteiger partial charge in [-0.2, -0.15) is 4.31 Å². The molecule has 3 nitrogen and oxygen atoms in total. The van der Waals surface area contributed by atoms with Crippen LogP contribution >= 0.6 is 0 Å². The Bertz CT molecular complexity index is 793. The molecule has 0 amide bonds. The van der Waals surface area contributed by atoms with Gasteiger partial charge in [-0.1, -0.05) is 30.3 Å². The van der Waals surface area contributed by atoms with E-state index >= 15 is 0 Å². The first-order chi connectivity index (χ1) is 11.0. The van der Waals surface area contributed by atoms with Gasteiger partial charge in [-0.05, 0) is 43.0 Å². The van der Waals surface area contributed by atoms with Gasteiger partial charge in [-0.3, -0.25) is 0 Å². The van der Waals surface area contributed by atoms with Gasteiger partial charge in [0.2, 0.25) is 10.0 Å². The highest BCUT2D eigenvalue weighted by molar-refractivity contribution is 7.89. The first kappa shape index (κ1) is 16.1. The molecule has 1 saturated heterocycles. The zero-order chi connectivity index (χ0) is 16.4. The van der Waals surface area contributed by atoms with Gasteiger partial charge in [0, 0.05) is 12.6 Å². The van der Waals surface area contributed by atoms with Gasteiger partial charge in [0.1, 0.15) is 0 Å². The highest BCUT2D eigenvalue weighted by Crippen LogP contribution is 2.28. The van der Waals surface area contributed by atoms with Crippen molar-refractivity contribution in [3.63, 3.8) is 0 Å². The zero-order valence-electron chi connectivity index (χ0n) is 12.5. The Hall–Kier alpha value is -1.79. The molecule has 6 heteroatoms. The lowest BCUT2D eigenvalue weighted by molar-refractivity contribution is 0.385. The first-order valence-electron chi connectivity index (χ1n) is 7.49. The standard InChI is InChI=1S/C17H17F2NO2S/c18-16-9-8-15(12-17(16)19)23(21,22)20-10-4-7-14(20)11-13-5-2-1-3-6-13/h1-3,5-6,8-9,12,14H,4,7,10-11H2.